The predicted molar refractivity (Wildman–Crippen MR) is 94.4 cm³/mol. The number of piperidine rings is 1. The molecule has 1 aliphatic rings. The molecule has 1 heterocycles. The van der Waals surface area contributed by atoms with Crippen LogP contribution in [0.4, 0.5) is 0 Å². The number of hydrogen-bond acceptors (Lipinski definition) is 4. The first-order valence-corrected chi connectivity index (χ1v) is 10.1. The Bertz CT molecular complexity index is 514. The highest BCUT2D eigenvalue weighted by Gasteiger charge is 2.22. The average molecular weight is 337 g/mol. The summed E-state index contributed by atoms with van der Waals surface area (Å²) in [5.41, 5.74) is 1.36. The molecule has 0 unspecified atom stereocenters. The van der Waals surface area contributed by atoms with E-state index in [0.717, 1.165) is 32.5 Å². The van der Waals surface area contributed by atoms with Crippen molar-refractivity contribution in [3.05, 3.63) is 47.8 Å². The lowest BCUT2D eigenvalue weighted by Crippen LogP contribution is -2.32. The highest BCUT2D eigenvalue weighted by Crippen LogP contribution is 2.50. The Morgan fingerprint density at radius 3 is 2.30 bits per heavy atom. The Hall–Kier alpha value is -0.930. The number of hydrogen-bond donors (Lipinski definition) is 0. The van der Waals surface area contributed by atoms with Gasteiger partial charge in [0.1, 0.15) is 0 Å². The number of allylic oxidation sites excluding steroid dienone is 1. The van der Waals surface area contributed by atoms with Crippen LogP contribution in [0, 0.1) is 5.92 Å². The van der Waals surface area contributed by atoms with E-state index >= 15 is 0 Å². The van der Waals surface area contributed by atoms with Crippen molar-refractivity contribution in [2.45, 2.75) is 33.2 Å². The van der Waals surface area contributed by atoms with Crippen molar-refractivity contribution in [1.29, 1.82) is 0 Å². The van der Waals surface area contributed by atoms with Gasteiger partial charge in [0.25, 0.3) is 0 Å². The van der Waals surface area contributed by atoms with Crippen LogP contribution in [0.5, 0.6) is 0 Å². The van der Waals surface area contributed by atoms with Crippen molar-refractivity contribution in [3.8, 4) is 0 Å². The molecular weight excluding hydrogens is 309 g/mol. The van der Waals surface area contributed by atoms with Crippen molar-refractivity contribution in [2.24, 2.45) is 5.92 Å². The van der Waals surface area contributed by atoms with E-state index < -0.39 is 7.60 Å². The van der Waals surface area contributed by atoms with Crippen molar-refractivity contribution in [1.82, 2.24) is 4.90 Å². The summed E-state index contributed by atoms with van der Waals surface area (Å²) in [6, 6.07) is 10.6. The summed E-state index contributed by atoms with van der Waals surface area (Å²) < 4.78 is 23.0. The summed E-state index contributed by atoms with van der Waals surface area (Å²) in [5.74, 6) is 2.12. The highest BCUT2D eigenvalue weighted by atomic mass is 31.2. The van der Waals surface area contributed by atoms with E-state index in [1.165, 1.54) is 5.56 Å². The molecule has 0 spiro atoms. The van der Waals surface area contributed by atoms with Gasteiger partial charge in [-0.05, 0) is 51.3 Å². The Morgan fingerprint density at radius 2 is 1.74 bits per heavy atom. The van der Waals surface area contributed by atoms with E-state index in [1.54, 1.807) is 5.82 Å². The number of likely N-dealkylation sites (tertiary alicyclic amines) is 1. The second kappa shape index (κ2) is 9.39. The minimum absolute atomic E-state index is 0.400. The zero-order valence-electron chi connectivity index (χ0n) is 14.2. The number of benzene rings is 1. The quantitative estimate of drug-likeness (QED) is 0.646. The number of nitrogens with zero attached hydrogens (tertiary/aromatic N) is 1. The van der Waals surface area contributed by atoms with Crippen LogP contribution in [0.25, 0.3) is 0 Å². The van der Waals surface area contributed by atoms with Crippen molar-refractivity contribution in [3.63, 3.8) is 0 Å². The molecule has 5 heteroatoms. The van der Waals surface area contributed by atoms with Gasteiger partial charge in [-0.1, -0.05) is 36.4 Å². The SMILES string of the molecule is CCOP(=O)(/C=C/C1CCN(Cc2ccccc2)CC1)OCC. The lowest BCUT2D eigenvalue weighted by atomic mass is 9.97. The average Bonchev–Trinajstić information content (AvgIpc) is 2.56. The molecule has 1 fully saturated rings. The second-order valence-electron chi connectivity index (χ2n) is 5.82. The lowest BCUT2D eigenvalue weighted by molar-refractivity contribution is 0.195. The maximum atomic E-state index is 12.4. The summed E-state index contributed by atoms with van der Waals surface area (Å²) in [6.45, 7) is 7.61. The molecule has 4 nitrogen and oxygen atoms in total. The first kappa shape index (κ1) is 18.4. The molecule has 1 aromatic rings. The fourth-order valence-corrected chi connectivity index (χ4v) is 4.28. The molecule has 23 heavy (non-hydrogen) atoms. The third-order valence-corrected chi connectivity index (χ3v) is 5.81. The largest absolute Gasteiger partial charge is 0.353 e. The molecule has 0 amide bonds. The Balaban J connectivity index is 1.82. The summed E-state index contributed by atoms with van der Waals surface area (Å²) in [4.78, 5) is 2.48. The monoisotopic (exact) mass is 337 g/mol. The molecular formula is C18H28NO3P. The maximum absolute atomic E-state index is 12.4. The zero-order valence-corrected chi connectivity index (χ0v) is 15.1. The summed E-state index contributed by atoms with van der Waals surface area (Å²) in [7, 11) is -3.05. The molecule has 0 aliphatic carbocycles. The second-order valence-corrected chi connectivity index (χ2v) is 7.71. The summed E-state index contributed by atoms with van der Waals surface area (Å²) in [6.07, 6.45) is 4.20. The first-order chi connectivity index (χ1) is 11.1. The van der Waals surface area contributed by atoms with Crippen LogP contribution in [-0.2, 0) is 20.2 Å². The van der Waals surface area contributed by atoms with Crippen molar-refractivity contribution >= 4 is 7.60 Å². The van der Waals surface area contributed by atoms with Crippen LogP contribution in [0.2, 0.25) is 0 Å². The third kappa shape index (κ3) is 6.23. The molecule has 1 aliphatic heterocycles. The van der Waals surface area contributed by atoms with Crippen LogP contribution in [0.1, 0.15) is 32.3 Å². The van der Waals surface area contributed by atoms with Gasteiger partial charge in [0, 0.05) is 12.4 Å². The van der Waals surface area contributed by atoms with Crippen LogP contribution in [-0.4, -0.2) is 31.2 Å². The van der Waals surface area contributed by atoms with E-state index in [-0.39, 0.29) is 0 Å². The summed E-state index contributed by atoms with van der Waals surface area (Å²) >= 11 is 0. The van der Waals surface area contributed by atoms with Gasteiger partial charge in [-0.3, -0.25) is 9.46 Å². The maximum Gasteiger partial charge on any atom is 0.353 e. The van der Waals surface area contributed by atoms with Gasteiger partial charge < -0.3 is 9.05 Å². The van der Waals surface area contributed by atoms with Gasteiger partial charge >= 0.3 is 7.60 Å². The topological polar surface area (TPSA) is 38.8 Å². The zero-order chi connectivity index (χ0) is 16.5. The fourth-order valence-electron chi connectivity index (χ4n) is 2.86. The molecule has 0 saturated carbocycles. The van der Waals surface area contributed by atoms with Crippen molar-refractivity contribution < 1.29 is 13.6 Å². The predicted octanol–water partition coefficient (Wildman–Crippen LogP) is 4.68. The van der Waals surface area contributed by atoms with Crippen LogP contribution < -0.4 is 0 Å². The smallest absolute Gasteiger partial charge is 0.306 e. The molecule has 0 bridgehead atoms. The Kier molecular flexibility index (Phi) is 7.51. The van der Waals surface area contributed by atoms with E-state index in [1.807, 2.05) is 19.9 Å². The van der Waals surface area contributed by atoms with Gasteiger partial charge in [-0.15, -0.1) is 0 Å². The van der Waals surface area contributed by atoms with Crippen LogP contribution in [0.3, 0.4) is 0 Å². The lowest BCUT2D eigenvalue weighted by Gasteiger charge is -2.30. The molecule has 0 aromatic heterocycles. The normalized spacial score (nSPS) is 17.8. The third-order valence-electron chi connectivity index (χ3n) is 4.04. The first-order valence-electron chi connectivity index (χ1n) is 8.49. The van der Waals surface area contributed by atoms with Gasteiger partial charge in [-0.2, -0.15) is 0 Å². The van der Waals surface area contributed by atoms with Crippen LogP contribution in [0.15, 0.2) is 42.2 Å². The molecule has 2 rings (SSSR count). The highest BCUT2D eigenvalue weighted by molar-refractivity contribution is 7.57. The molecule has 1 saturated heterocycles. The minimum atomic E-state index is -3.05. The van der Waals surface area contributed by atoms with Crippen molar-refractivity contribution in [2.75, 3.05) is 26.3 Å². The molecule has 0 radical (unpaired) electrons. The molecule has 0 N–H and O–H groups in total. The van der Waals surface area contributed by atoms with E-state index in [4.69, 9.17) is 9.05 Å². The standard InChI is InChI=1S/C18H28NO3P/c1-3-21-23(20,22-4-2)15-12-17-10-13-19(14-11-17)16-18-8-6-5-7-9-18/h5-9,12,15,17H,3-4,10-11,13-14,16H2,1-2H3/b15-12+. The Labute approximate surface area is 140 Å². The summed E-state index contributed by atoms with van der Waals surface area (Å²) in [5, 5.41) is 0. The minimum Gasteiger partial charge on any atom is -0.306 e. The molecule has 0 atom stereocenters. The molecule has 1 aromatic carbocycles. The van der Waals surface area contributed by atoms with Gasteiger partial charge in [0.15, 0.2) is 0 Å². The van der Waals surface area contributed by atoms with E-state index in [9.17, 15) is 4.57 Å². The van der Waals surface area contributed by atoms with Gasteiger partial charge in [-0.25, -0.2) is 0 Å². The van der Waals surface area contributed by atoms with Gasteiger partial charge in [0.05, 0.1) is 13.2 Å². The Morgan fingerprint density at radius 1 is 1.13 bits per heavy atom. The van der Waals surface area contributed by atoms with E-state index in [2.05, 4.69) is 35.2 Å². The molecule has 128 valence electrons. The fraction of sp³-hybridized carbons (Fsp3) is 0.556. The van der Waals surface area contributed by atoms with E-state index in [0.29, 0.717) is 19.1 Å². The van der Waals surface area contributed by atoms with Gasteiger partial charge in [0.2, 0.25) is 0 Å². The van der Waals surface area contributed by atoms with Crippen LogP contribution >= 0.6 is 7.60 Å². The number of rotatable bonds is 8.